The lowest BCUT2D eigenvalue weighted by molar-refractivity contribution is 0.262. The first-order chi connectivity index (χ1) is 13.0. The number of carbonyl (C=O) groups is 1. The van der Waals surface area contributed by atoms with Crippen molar-refractivity contribution in [2.45, 2.75) is 20.5 Å². The van der Waals surface area contributed by atoms with Gasteiger partial charge in [0, 0.05) is 0 Å². The Labute approximate surface area is 161 Å². The van der Waals surface area contributed by atoms with E-state index in [2.05, 4.69) is 26.9 Å². The summed E-state index contributed by atoms with van der Waals surface area (Å²) in [4.78, 5) is 12.1. The smallest absolute Gasteiger partial charge is 0.325 e. The van der Waals surface area contributed by atoms with Crippen LogP contribution in [-0.4, -0.2) is 23.3 Å². The highest BCUT2D eigenvalue weighted by molar-refractivity contribution is 7.15. The number of hydrogen-bond donors (Lipinski definition) is 2. The molecule has 3 aromatic rings. The fourth-order valence-electron chi connectivity index (χ4n) is 2.46. The maximum Gasteiger partial charge on any atom is 0.325 e. The Morgan fingerprint density at radius 1 is 1.07 bits per heavy atom. The zero-order valence-electron chi connectivity index (χ0n) is 15.3. The van der Waals surface area contributed by atoms with Gasteiger partial charge in [-0.1, -0.05) is 41.2 Å². The number of nitrogens with zero attached hydrogens (tertiary/aromatic N) is 2. The number of rotatable bonds is 6. The second-order valence-corrected chi connectivity index (χ2v) is 6.90. The SMILES string of the molecule is COc1ccccc1NC(=O)Nc1nnc(COc2ccc(C)cc2C)s1. The third-order valence-electron chi connectivity index (χ3n) is 3.72. The number of aromatic nitrogens is 2. The molecule has 0 fully saturated rings. The highest BCUT2D eigenvalue weighted by atomic mass is 32.1. The van der Waals surface area contributed by atoms with Gasteiger partial charge in [-0.25, -0.2) is 4.79 Å². The Morgan fingerprint density at radius 3 is 2.67 bits per heavy atom. The van der Waals surface area contributed by atoms with Crippen molar-refractivity contribution in [1.29, 1.82) is 0 Å². The molecule has 2 aromatic carbocycles. The molecule has 27 heavy (non-hydrogen) atoms. The molecule has 0 radical (unpaired) electrons. The monoisotopic (exact) mass is 384 g/mol. The molecular weight excluding hydrogens is 364 g/mol. The Balaban J connectivity index is 1.56. The van der Waals surface area contributed by atoms with Gasteiger partial charge in [0.25, 0.3) is 0 Å². The van der Waals surface area contributed by atoms with E-state index in [-0.39, 0.29) is 6.61 Å². The number of aryl methyl sites for hydroxylation is 2. The molecule has 0 saturated carbocycles. The predicted octanol–water partition coefficient (Wildman–Crippen LogP) is 4.39. The summed E-state index contributed by atoms with van der Waals surface area (Å²) in [6.07, 6.45) is 0. The maximum absolute atomic E-state index is 12.1. The van der Waals surface area contributed by atoms with E-state index >= 15 is 0 Å². The van der Waals surface area contributed by atoms with Gasteiger partial charge in [0.1, 0.15) is 18.1 Å². The number of carbonyl (C=O) groups excluding carboxylic acids is 1. The number of hydrogen-bond acceptors (Lipinski definition) is 6. The third-order valence-corrected chi connectivity index (χ3v) is 4.54. The number of methoxy groups -OCH3 is 1. The molecule has 7 nitrogen and oxygen atoms in total. The Bertz CT molecular complexity index is 942. The molecule has 3 rings (SSSR count). The summed E-state index contributed by atoms with van der Waals surface area (Å²) in [6, 6.07) is 12.7. The molecule has 0 spiro atoms. The summed E-state index contributed by atoms with van der Waals surface area (Å²) in [5, 5.41) is 14.5. The van der Waals surface area contributed by atoms with E-state index < -0.39 is 6.03 Å². The molecule has 0 aliphatic heterocycles. The molecule has 1 heterocycles. The Morgan fingerprint density at radius 2 is 1.89 bits per heavy atom. The fraction of sp³-hybridized carbons (Fsp3) is 0.211. The molecule has 0 atom stereocenters. The summed E-state index contributed by atoms with van der Waals surface area (Å²) >= 11 is 1.26. The molecule has 0 aliphatic carbocycles. The van der Waals surface area contributed by atoms with Crippen LogP contribution in [0.3, 0.4) is 0 Å². The molecule has 1 aromatic heterocycles. The van der Waals surface area contributed by atoms with E-state index in [1.165, 1.54) is 16.9 Å². The normalized spacial score (nSPS) is 10.3. The number of benzene rings is 2. The molecular formula is C19H20N4O3S. The fourth-order valence-corrected chi connectivity index (χ4v) is 3.11. The van der Waals surface area contributed by atoms with Gasteiger partial charge in [-0.05, 0) is 37.6 Å². The molecule has 2 N–H and O–H groups in total. The van der Waals surface area contributed by atoms with Gasteiger partial charge in [0.2, 0.25) is 5.13 Å². The maximum atomic E-state index is 12.1. The van der Waals surface area contributed by atoms with Crippen LogP contribution in [0.25, 0.3) is 0 Å². The summed E-state index contributed by atoms with van der Waals surface area (Å²) in [6.45, 7) is 4.32. The zero-order valence-corrected chi connectivity index (χ0v) is 16.1. The average molecular weight is 384 g/mol. The van der Waals surface area contributed by atoms with Crippen LogP contribution in [0.4, 0.5) is 15.6 Å². The summed E-state index contributed by atoms with van der Waals surface area (Å²) in [7, 11) is 1.55. The van der Waals surface area contributed by atoms with Gasteiger partial charge in [-0.15, -0.1) is 10.2 Å². The summed E-state index contributed by atoms with van der Waals surface area (Å²) in [5.41, 5.74) is 2.82. The summed E-state index contributed by atoms with van der Waals surface area (Å²) < 4.78 is 11.0. The van der Waals surface area contributed by atoms with Gasteiger partial charge in [0.15, 0.2) is 5.01 Å². The van der Waals surface area contributed by atoms with Crippen LogP contribution in [0.2, 0.25) is 0 Å². The van der Waals surface area contributed by atoms with Gasteiger partial charge < -0.3 is 14.8 Å². The number of amides is 2. The topological polar surface area (TPSA) is 85.4 Å². The number of urea groups is 1. The number of ether oxygens (including phenoxy) is 2. The molecule has 140 valence electrons. The van der Waals surface area contributed by atoms with Crippen molar-refractivity contribution in [3.63, 3.8) is 0 Å². The third kappa shape index (κ3) is 4.95. The lowest BCUT2D eigenvalue weighted by atomic mass is 10.1. The quantitative estimate of drug-likeness (QED) is 0.658. The van der Waals surface area contributed by atoms with Gasteiger partial charge in [-0.2, -0.15) is 0 Å². The number of nitrogens with one attached hydrogen (secondary N) is 2. The second kappa shape index (κ2) is 8.50. The lowest BCUT2D eigenvalue weighted by Gasteiger charge is -2.09. The Kier molecular flexibility index (Phi) is 5.87. The zero-order chi connectivity index (χ0) is 19.2. The van der Waals surface area contributed by atoms with Gasteiger partial charge in [-0.3, -0.25) is 5.32 Å². The predicted molar refractivity (Wildman–Crippen MR) is 106 cm³/mol. The highest BCUT2D eigenvalue weighted by Crippen LogP contribution is 2.24. The van der Waals surface area contributed by atoms with Gasteiger partial charge in [0.05, 0.1) is 12.8 Å². The van der Waals surface area contributed by atoms with E-state index in [1.54, 1.807) is 19.2 Å². The lowest BCUT2D eigenvalue weighted by Crippen LogP contribution is -2.19. The molecule has 0 bridgehead atoms. The standard InChI is InChI=1S/C19H20N4O3S/c1-12-8-9-15(13(2)10-12)26-11-17-22-23-19(27-17)21-18(24)20-14-6-4-5-7-16(14)25-3/h4-10H,11H2,1-3H3,(H2,20,21,23,24). The van der Waals surface area contributed by atoms with Crippen molar-refractivity contribution in [3.05, 3.63) is 58.6 Å². The largest absolute Gasteiger partial charge is 0.495 e. The highest BCUT2D eigenvalue weighted by Gasteiger charge is 2.11. The molecule has 8 heteroatoms. The first kappa shape index (κ1) is 18.7. The van der Waals surface area contributed by atoms with E-state index in [0.29, 0.717) is 21.6 Å². The molecule has 0 saturated heterocycles. The first-order valence-corrected chi connectivity index (χ1v) is 9.10. The van der Waals surface area contributed by atoms with Crippen LogP contribution in [-0.2, 0) is 6.61 Å². The van der Waals surface area contributed by atoms with E-state index in [9.17, 15) is 4.79 Å². The minimum absolute atomic E-state index is 0.289. The minimum Gasteiger partial charge on any atom is -0.495 e. The van der Waals surface area contributed by atoms with Crippen molar-refractivity contribution >= 4 is 28.2 Å². The molecule has 0 unspecified atom stereocenters. The van der Waals surface area contributed by atoms with Crippen LogP contribution in [0.15, 0.2) is 42.5 Å². The van der Waals surface area contributed by atoms with Crippen molar-refractivity contribution in [1.82, 2.24) is 10.2 Å². The van der Waals surface area contributed by atoms with E-state index in [1.807, 2.05) is 38.1 Å². The van der Waals surface area contributed by atoms with Crippen LogP contribution < -0.4 is 20.1 Å². The van der Waals surface area contributed by atoms with Crippen molar-refractivity contribution in [3.8, 4) is 11.5 Å². The van der Waals surface area contributed by atoms with Gasteiger partial charge >= 0.3 is 6.03 Å². The number of anilines is 2. The van der Waals surface area contributed by atoms with Crippen LogP contribution in [0.5, 0.6) is 11.5 Å². The van der Waals surface area contributed by atoms with Crippen molar-refractivity contribution < 1.29 is 14.3 Å². The number of para-hydroxylation sites is 2. The minimum atomic E-state index is -0.419. The second-order valence-electron chi connectivity index (χ2n) is 5.84. The van der Waals surface area contributed by atoms with Crippen LogP contribution in [0.1, 0.15) is 16.1 Å². The molecule has 2 amide bonds. The average Bonchev–Trinajstić information content (AvgIpc) is 3.08. The Hall–Kier alpha value is -3.13. The first-order valence-electron chi connectivity index (χ1n) is 8.28. The van der Waals surface area contributed by atoms with E-state index in [4.69, 9.17) is 9.47 Å². The van der Waals surface area contributed by atoms with Crippen molar-refractivity contribution in [2.24, 2.45) is 0 Å². The van der Waals surface area contributed by atoms with Crippen LogP contribution in [0, 0.1) is 13.8 Å². The molecule has 0 aliphatic rings. The van der Waals surface area contributed by atoms with Crippen molar-refractivity contribution in [2.75, 3.05) is 17.7 Å². The summed E-state index contributed by atoms with van der Waals surface area (Å²) in [5.74, 6) is 1.38. The van der Waals surface area contributed by atoms with Crippen LogP contribution >= 0.6 is 11.3 Å². The van der Waals surface area contributed by atoms with E-state index in [0.717, 1.165) is 11.3 Å².